The lowest BCUT2D eigenvalue weighted by Crippen LogP contribution is -2.49. The van der Waals surface area contributed by atoms with Gasteiger partial charge in [0.15, 0.2) is 0 Å². The molecule has 0 spiro atoms. The molecule has 80 valence electrons. The Bertz CT molecular complexity index is 296. The minimum Gasteiger partial charge on any atom is -0.311 e. The molecule has 0 saturated heterocycles. The second kappa shape index (κ2) is 3.17. The molecule has 3 nitrogen and oxygen atoms in total. The van der Waals surface area contributed by atoms with E-state index in [9.17, 15) is 5.21 Å². The molecule has 3 heteroatoms. The van der Waals surface area contributed by atoms with Gasteiger partial charge in [-0.2, -0.15) is 5.06 Å². The monoisotopic (exact) mass is 196 g/mol. The van der Waals surface area contributed by atoms with Crippen molar-refractivity contribution in [2.24, 2.45) is 4.99 Å². The standard InChI is InChI=1S/C11H20N2O/c1-8(2)7-9-10(3,4)13(14)11(5,6)12-9/h7,14H,1-6H3. The molecule has 1 rings (SSSR count). The third kappa shape index (κ3) is 1.74. The third-order valence-electron chi connectivity index (χ3n) is 2.49. The lowest BCUT2D eigenvalue weighted by Gasteiger charge is -2.33. The molecule has 0 aromatic heterocycles. The fourth-order valence-corrected chi connectivity index (χ4v) is 1.75. The third-order valence-corrected chi connectivity index (χ3v) is 2.49. The minimum atomic E-state index is -0.523. The predicted octanol–water partition coefficient (Wildman–Crippen LogP) is 2.61. The Balaban J connectivity index is 3.13. The zero-order valence-electron chi connectivity index (χ0n) is 9.92. The van der Waals surface area contributed by atoms with Crippen molar-refractivity contribution in [1.82, 2.24) is 5.06 Å². The van der Waals surface area contributed by atoms with E-state index in [2.05, 4.69) is 4.99 Å². The second-order valence-corrected chi connectivity index (χ2v) is 5.08. The van der Waals surface area contributed by atoms with Crippen LogP contribution in [0.4, 0.5) is 0 Å². The highest BCUT2D eigenvalue weighted by atomic mass is 16.5. The molecule has 0 aliphatic carbocycles. The summed E-state index contributed by atoms with van der Waals surface area (Å²) < 4.78 is 0. The highest BCUT2D eigenvalue weighted by Gasteiger charge is 2.45. The highest BCUT2D eigenvalue weighted by Crippen LogP contribution is 2.33. The van der Waals surface area contributed by atoms with E-state index in [1.165, 1.54) is 10.6 Å². The summed E-state index contributed by atoms with van der Waals surface area (Å²) in [6.45, 7) is 11.8. The molecule has 0 saturated carbocycles. The quantitative estimate of drug-likeness (QED) is 0.699. The van der Waals surface area contributed by atoms with Gasteiger partial charge in [0.25, 0.3) is 0 Å². The molecule has 0 bridgehead atoms. The van der Waals surface area contributed by atoms with Crippen molar-refractivity contribution in [2.45, 2.75) is 52.7 Å². The first-order valence-electron chi connectivity index (χ1n) is 4.92. The van der Waals surface area contributed by atoms with E-state index in [1.54, 1.807) is 0 Å². The second-order valence-electron chi connectivity index (χ2n) is 5.08. The molecule has 0 fully saturated rings. The lowest BCUT2D eigenvalue weighted by atomic mass is 9.97. The Morgan fingerprint density at radius 2 is 1.79 bits per heavy atom. The van der Waals surface area contributed by atoms with E-state index in [0.29, 0.717) is 0 Å². The van der Waals surface area contributed by atoms with E-state index in [0.717, 1.165) is 5.71 Å². The van der Waals surface area contributed by atoms with Crippen LogP contribution in [0.25, 0.3) is 0 Å². The zero-order chi connectivity index (χ0) is 11.1. The predicted molar refractivity (Wildman–Crippen MR) is 58.6 cm³/mol. The highest BCUT2D eigenvalue weighted by molar-refractivity contribution is 6.03. The normalized spacial score (nSPS) is 24.6. The van der Waals surface area contributed by atoms with Gasteiger partial charge in [0.2, 0.25) is 0 Å². The van der Waals surface area contributed by atoms with Gasteiger partial charge in [-0.05, 0) is 47.6 Å². The fourth-order valence-electron chi connectivity index (χ4n) is 1.75. The first kappa shape index (κ1) is 11.4. The summed E-state index contributed by atoms with van der Waals surface area (Å²) in [5, 5.41) is 11.3. The SMILES string of the molecule is CC(C)=CC1=NC(C)(C)N(O)C1(C)C. The number of hydroxylamine groups is 2. The number of allylic oxidation sites excluding steroid dienone is 1. The van der Waals surface area contributed by atoms with Crippen molar-refractivity contribution in [3.8, 4) is 0 Å². The first-order valence-corrected chi connectivity index (χ1v) is 4.92. The summed E-state index contributed by atoms with van der Waals surface area (Å²) in [4.78, 5) is 4.51. The van der Waals surface area contributed by atoms with Gasteiger partial charge in [-0.15, -0.1) is 0 Å². The van der Waals surface area contributed by atoms with Crippen LogP contribution in [0.3, 0.4) is 0 Å². The van der Waals surface area contributed by atoms with Crippen molar-refractivity contribution < 1.29 is 5.21 Å². The molecule has 0 amide bonds. The maximum atomic E-state index is 9.96. The molecule has 0 unspecified atom stereocenters. The van der Waals surface area contributed by atoms with Gasteiger partial charge >= 0.3 is 0 Å². The van der Waals surface area contributed by atoms with E-state index < -0.39 is 11.2 Å². The molecule has 14 heavy (non-hydrogen) atoms. The number of rotatable bonds is 1. The van der Waals surface area contributed by atoms with Gasteiger partial charge in [-0.25, -0.2) is 0 Å². The number of hydrogen-bond donors (Lipinski definition) is 1. The van der Waals surface area contributed by atoms with E-state index in [1.807, 2.05) is 47.6 Å². The topological polar surface area (TPSA) is 35.8 Å². The Kier molecular flexibility index (Phi) is 2.59. The first-order chi connectivity index (χ1) is 6.18. The summed E-state index contributed by atoms with van der Waals surface area (Å²) in [5.74, 6) is 0. The Morgan fingerprint density at radius 1 is 1.29 bits per heavy atom. The molecule has 1 heterocycles. The molecule has 1 aliphatic heterocycles. The zero-order valence-corrected chi connectivity index (χ0v) is 9.92. The van der Waals surface area contributed by atoms with Gasteiger partial charge in [0.05, 0.1) is 11.3 Å². The van der Waals surface area contributed by atoms with Gasteiger partial charge in [0, 0.05) is 0 Å². The average molecular weight is 196 g/mol. The van der Waals surface area contributed by atoms with Gasteiger partial charge in [-0.1, -0.05) is 5.57 Å². The van der Waals surface area contributed by atoms with Crippen molar-refractivity contribution in [2.75, 3.05) is 0 Å². The molecule has 0 atom stereocenters. The van der Waals surface area contributed by atoms with Crippen LogP contribution in [0, 0.1) is 0 Å². The summed E-state index contributed by atoms with van der Waals surface area (Å²) in [6, 6.07) is 0. The number of nitrogens with zero attached hydrogens (tertiary/aromatic N) is 2. The lowest BCUT2D eigenvalue weighted by molar-refractivity contribution is -0.188. The Morgan fingerprint density at radius 3 is 2.07 bits per heavy atom. The van der Waals surface area contributed by atoms with Crippen LogP contribution >= 0.6 is 0 Å². The van der Waals surface area contributed by atoms with Crippen molar-refractivity contribution in [3.05, 3.63) is 11.6 Å². The largest absolute Gasteiger partial charge is 0.311 e. The van der Waals surface area contributed by atoms with Crippen molar-refractivity contribution >= 4 is 5.71 Å². The maximum absolute atomic E-state index is 9.96. The van der Waals surface area contributed by atoms with Crippen LogP contribution in [-0.4, -0.2) is 27.2 Å². The summed E-state index contributed by atoms with van der Waals surface area (Å²) in [7, 11) is 0. The summed E-state index contributed by atoms with van der Waals surface area (Å²) in [6.07, 6.45) is 2.03. The molecule has 1 N–H and O–H groups in total. The van der Waals surface area contributed by atoms with E-state index in [4.69, 9.17) is 0 Å². The van der Waals surface area contributed by atoms with Crippen LogP contribution in [0.2, 0.25) is 0 Å². The van der Waals surface area contributed by atoms with Gasteiger partial charge in [-0.3, -0.25) is 4.99 Å². The van der Waals surface area contributed by atoms with E-state index in [-0.39, 0.29) is 0 Å². The maximum Gasteiger partial charge on any atom is 0.131 e. The van der Waals surface area contributed by atoms with Crippen LogP contribution in [0.5, 0.6) is 0 Å². The Hall–Kier alpha value is -0.670. The average Bonchev–Trinajstić information content (AvgIpc) is 2.12. The number of hydrogen-bond acceptors (Lipinski definition) is 3. The van der Waals surface area contributed by atoms with Crippen molar-refractivity contribution in [1.29, 1.82) is 0 Å². The van der Waals surface area contributed by atoms with Crippen LogP contribution in [0.15, 0.2) is 16.6 Å². The molecule has 0 radical (unpaired) electrons. The minimum absolute atomic E-state index is 0.402. The van der Waals surface area contributed by atoms with Crippen LogP contribution in [-0.2, 0) is 0 Å². The van der Waals surface area contributed by atoms with Gasteiger partial charge in [0.1, 0.15) is 5.66 Å². The van der Waals surface area contributed by atoms with Crippen LogP contribution < -0.4 is 0 Å². The molecule has 0 aromatic rings. The number of aliphatic imine (C=N–C) groups is 1. The molecular weight excluding hydrogens is 176 g/mol. The molecule has 0 aromatic carbocycles. The Labute approximate surface area is 86.1 Å². The molecular formula is C11H20N2O. The van der Waals surface area contributed by atoms with Crippen molar-refractivity contribution in [3.63, 3.8) is 0 Å². The summed E-state index contributed by atoms with van der Waals surface area (Å²) in [5.41, 5.74) is 1.21. The molecule has 1 aliphatic rings. The van der Waals surface area contributed by atoms with Gasteiger partial charge < -0.3 is 5.21 Å². The fraction of sp³-hybridized carbons (Fsp3) is 0.727. The summed E-state index contributed by atoms with van der Waals surface area (Å²) >= 11 is 0. The van der Waals surface area contributed by atoms with E-state index >= 15 is 0 Å². The van der Waals surface area contributed by atoms with Crippen LogP contribution in [0.1, 0.15) is 41.5 Å². The smallest absolute Gasteiger partial charge is 0.131 e.